The van der Waals surface area contributed by atoms with Gasteiger partial charge in [0.15, 0.2) is 23.1 Å². The van der Waals surface area contributed by atoms with Crippen molar-refractivity contribution < 1.29 is 19.2 Å². The lowest BCUT2D eigenvalue weighted by molar-refractivity contribution is -0.114. The van der Waals surface area contributed by atoms with Gasteiger partial charge in [-0.25, -0.2) is 0 Å². The fourth-order valence-electron chi connectivity index (χ4n) is 6.00. The molecular weight excluding hydrogens is 508 g/mol. The van der Waals surface area contributed by atoms with Crippen molar-refractivity contribution in [3.63, 3.8) is 0 Å². The normalized spacial score (nSPS) is 21.0. The Bertz CT molecular complexity index is 1300. The van der Waals surface area contributed by atoms with Crippen molar-refractivity contribution in [1.82, 2.24) is 0 Å². The molecule has 3 aliphatic rings. The second-order valence-corrected chi connectivity index (χ2v) is 15.8. The molecule has 4 heteroatoms. The molecule has 2 radical (unpaired) electrons. The summed E-state index contributed by atoms with van der Waals surface area (Å²) in [6, 6.07) is 6.94. The van der Waals surface area contributed by atoms with Gasteiger partial charge in [-0.2, -0.15) is 0 Å². The molecule has 216 valence electrons. The molecule has 0 amide bonds. The first-order chi connectivity index (χ1) is 18.5. The van der Waals surface area contributed by atoms with Crippen molar-refractivity contribution in [3.8, 4) is 0 Å². The lowest BCUT2D eigenvalue weighted by Gasteiger charge is -2.43. The van der Waals surface area contributed by atoms with Crippen LogP contribution in [0.1, 0.15) is 104 Å². The zero-order chi connectivity index (χ0) is 31.1. The molecule has 41 heavy (non-hydrogen) atoms. The minimum atomic E-state index is -1.73. The van der Waals surface area contributed by atoms with Crippen molar-refractivity contribution in [1.29, 1.82) is 0 Å². The van der Waals surface area contributed by atoms with Crippen LogP contribution < -0.4 is 0 Å². The van der Waals surface area contributed by atoms with Crippen LogP contribution in [0.25, 0.3) is 0 Å². The van der Waals surface area contributed by atoms with Crippen LogP contribution in [0.3, 0.4) is 0 Å². The Kier molecular flexibility index (Phi) is 7.09. The Morgan fingerprint density at radius 3 is 0.902 bits per heavy atom. The number of hydrogen-bond donors (Lipinski definition) is 0. The van der Waals surface area contributed by atoms with Gasteiger partial charge in [-0.3, -0.25) is 19.2 Å². The van der Waals surface area contributed by atoms with Crippen molar-refractivity contribution >= 4 is 23.1 Å². The van der Waals surface area contributed by atoms with Crippen molar-refractivity contribution in [2.45, 2.75) is 83.1 Å². The maximum absolute atomic E-state index is 14.8. The summed E-state index contributed by atoms with van der Waals surface area (Å²) in [7, 11) is 0. The van der Waals surface area contributed by atoms with Crippen molar-refractivity contribution in [2.75, 3.05) is 0 Å². The lowest BCUT2D eigenvalue weighted by Crippen LogP contribution is -2.47. The predicted molar refractivity (Wildman–Crippen MR) is 164 cm³/mol. The molecule has 0 atom stereocenters. The van der Waals surface area contributed by atoms with E-state index in [4.69, 9.17) is 0 Å². The molecule has 0 heterocycles. The highest BCUT2D eigenvalue weighted by molar-refractivity contribution is 6.34. The van der Waals surface area contributed by atoms with E-state index >= 15 is 0 Å². The number of Topliss-reactive ketones (excluding diaryl/α,β-unsaturated/α-hetero) is 4. The smallest absolute Gasteiger partial charge is 0.185 e. The third kappa shape index (κ3) is 4.87. The van der Waals surface area contributed by atoms with Crippen LogP contribution in [0.2, 0.25) is 0 Å². The third-order valence-electron chi connectivity index (χ3n) is 8.37. The molecule has 0 fully saturated rings. The number of ketones is 4. The fourth-order valence-corrected chi connectivity index (χ4v) is 6.00. The summed E-state index contributed by atoms with van der Waals surface area (Å²) >= 11 is 0. The van der Waals surface area contributed by atoms with Gasteiger partial charge in [-0.15, -0.1) is 0 Å². The van der Waals surface area contributed by atoms with Gasteiger partial charge < -0.3 is 0 Å². The molecule has 4 rings (SSSR count). The molecule has 1 aromatic carbocycles. The summed E-state index contributed by atoms with van der Waals surface area (Å²) in [6.45, 7) is 23.7. The monoisotopic (exact) mass is 552 g/mol. The molecule has 0 saturated carbocycles. The van der Waals surface area contributed by atoms with Gasteiger partial charge in [0.25, 0.3) is 0 Å². The van der Waals surface area contributed by atoms with Gasteiger partial charge in [0, 0.05) is 45.3 Å². The predicted octanol–water partition coefficient (Wildman–Crippen LogP) is 8.26. The molecule has 3 aliphatic carbocycles. The zero-order valence-electron chi connectivity index (χ0n) is 26.8. The first-order valence-corrected chi connectivity index (χ1v) is 14.5. The molecular formula is C37H44O4. The van der Waals surface area contributed by atoms with Crippen LogP contribution in [-0.4, -0.2) is 23.1 Å². The first-order valence-electron chi connectivity index (χ1n) is 14.5. The van der Waals surface area contributed by atoms with Gasteiger partial charge in [0.2, 0.25) is 0 Å². The van der Waals surface area contributed by atoms with Gasteiger partial charge >= 0.3 is 0 Å². The molecule has 0 unspecified atom stereocenters. The standard InChI is InChI=1S/C37H44O4/c1-33(2,3)25-17-21(18-26(29(25)38)34(4,5)6)37(31(40)23-15-13-14-16-24(23)32(37)41)22-19-27(35(7,8)9)30(39)28(20-22)36(10,11)12/h13-20H,1-12H3. The molecule has 0 spiro atoms. The van der Waals surface area contributed by atoms with Crippen LogP contribution in [0.5, 0.6) is 0 Å². The number of allylic oxidation sites excluding steroid dienone is 8. The number of benzene rings is 1. The van der Waals surface area contributed by atoms with Crippen LogP contribution >= 0.6 is 0 Å². The quantitative estimate of drug-likeness (QED) is 0.346. The Hall–Kier alpha value is -3.14. The highest BCUT2D eigenvalue weighted by Crippen LogP contribution is 2.57. The van der Waals surface area contributed by atoms with Gasteiger partial charge in [-0.05, 0) is 21.7 Å². The maximum atomic E-state index is 14.8. The van der Waals surface area contributed by atoms with E-state index in [1.807, 2.05) is 83.1 Å². The molecule has 1 aromatic rings. The van der Waals surface area contributed by atoms with E-state index in [9.17, 15) is 19.2 Å². The van der Waals surface area contributed by atoms with E-state index in [2.05, 4.69) is 0 Å². The molecule has 4 nitrogen and oxygen atoms in total. The van der Waals surface area contributed by atoms with E-state index in [0.29, 0.717) is 45.3 Å². The molecule has 0 N–H and O–H groups in total. The Balaban J connectivity index is 2.15. The van der Waals surface area contributed by atoms with Crippen LogP contribution in [0.4, 0.5) is 0 Å². The lowest BCUT2D eigenvalue weighted by atomic mass is 9.56. The molecule has 0 bridgehead atoms. The number of fused-ring (bicyclic) bond motifs is 1. The van der Waals surface area contributed by atoms with E-state index < -0.39 is 27.1 Å². The zero-order valence-corrected chi connectivity index (χ0v) is 26.8. The van der Waals surface area contributed by atoms with Gasteiger partial charge in [0.1, 0.15) is 5.41 Å². The SMILES string of the molecule is CC(C)(C)C1=C[C](C2([C]3C=C(C(C)(C)C)C(=O)C(C(C)(C)C)=C3)C(=O)c3ccccc3C2=O)C=C(C(C)(C)C)C1=O. The maximum Gasteiger partial charge on any atom is 0.185 e. The molecule has 0 aromatic heterocycles. The van der Waals surface area contributed by atoms with E-state index in [0.717, 1.165) is 0 Å². The second kappa shape index (κ2) is 9.44. The van der Waals surface area contributed by atoms with Gasteiger partial charge in [0.05, 0.1) is 0 Å². The Morgan fingerprint density at radius 1 is 0.439 bits per heavy atom. The molecule has 0 saturated heterocycles. The third-order valence-corrected chi connectivity index (χ3v) is 8.37. The van der Waals surface area contributed by atoms with E-state index in [1.165, 1.54) is 0 Å². The average molecular weight is 553 g/mol. The second-order valence-electron chi connectivity index (χ2n) is 15.8. The highest BCUT2D eigenvalue weighted by Gasteiger charge is 2.62. The van der Waals surface area contributed by atoms with Gasteiger partial charge in [-0.1, -0.05) is 132 Å². The fraction of sp³-hybridized carbons (Fsp3) is 0.459. The molecule has 0 aliphatic heterocycles. The first kappa shape index (κ1) is 30.8. The average Bonchev–Trinajstić information content (AvgIpc) is 3.04. The van der Waals surface area contributed by atoms with E-state index in [1.54, 1.807) is 48.6 Å². The van der Waals surface area contributed by atoms with E-state index in [-0.39, 0.29) is 23.1 Å². The topological polar surface area (TPSA) is 68.3 Å². The number of rotatable bonds is 2. The van der Waals surface area contributed by atoms with Crippen molar-refractivity contribution in [3.05, 3.63) is 93.8 Å². The Labute approximate surface area is 246 Å². The minimum absolute atomic E-state index is 0.0695. The summed E-state index contributed by atoms with van der Waals surface area (Å²) in [4.78, 5) is 57.2. The largest absolute Gasteiger partial charge is 0.293 e. The van der Waals surface area contributed by atoms with Crippen LogP contribution in [-0.2, 0) is 9.59 Å². The number of carbonyl (C=O) groups is 4. The highest BCUT2D eigenvalue weighted by atomic mass is 16.2. The van der Waals surface area contributed by atoms with Crippen molar-refractivity contribution in [2.24, 2.45) is 27.1 Å². The summed E-state index contributed by atoms with van der Waals surface area (Å²) in [5.41, 5.74) is -0.895. The summed E-state index contributed by atoms with van der Waals surface area (Å²) in [5.74, 6) is 0.178. The summed E-state index contributed by atoms with van der Waals surface area (Å²) in [5, 5.41) is 0. The minimum Gasteiger partial charge on any atom is -0.293 e. The van der Waals surface area contributed by atoms with Crippen LogP contribution in [0, 0.1) is 38.9 Å². The number of carbonyl (C=O) groups excluding carboxylic acids is 4. The summed E-state index contributed by atoms with van der Waals surface area (Å²) < 4.78 is 0. The number of hydrogen-bond acceptors (Lipinski definition) is 4. The Morgan fingerprint density at radius 2 is 0.683 bits per heavy atom. The van der Waals surface area contributed by atoms with Crippen LogP contribution in [0.15, 0.2) is 70.9 Å². The summed E-state index contributed by atoms with van der Waals surface area (Å²) in [6.07, 6.45) is 7.10.